The molecule has 3 heteroatoms. The van der Waals surface area contributed by atoms with E-state index in [1.807, 2.05) is 31.2 Å². The molecule has 0 spiro atoms. The first-order chi connectivity index (χ1) is 7.69. The lowest BCUT2D eigenvalue weighted by Gasteiger charge is -2.13. The van der Waals surface area contributed by atoms with Crippen LogP contribution in [0.3, 0.4) is 0 Å². The first-order valence-electron chi connectivity index (χ1n) is 5.37. The Morgan fingerprint density at radius 3 is 2.81 bits per heavy atom. The summed E-state index contributed by atoms with van der Waals surface area (Å²) in [5.41, 5.74) is 1.51. The Hall–Kier alpha value is -1.77. The van der Waals surface area contributed by atoms with Crippen LogP contribution in [0, 0.1) is 0 Å². The van der Waals surface area contributed by atoms with Gasteiger partial charge in [-0.25, -0.2) is 0 Å². The molecule has 1 unspecified atom stereocenters. The Morgan fingerprint density at radius 1 is 1.50 bits per heavy atom. The van der Waals surface area contributed by atoms with Crippen molar-refractivity contribution >= 4 is 11.6 Å². The molecule has 0 aromatic heterocycles. The Morgan fingerprint density at radius 2 is 2.19 bits per heavy atom. The molecule has 1 aromatic rings. The predicted molar refractivity (Wildman–Crippen MR) is 67.7 cm³/mol. The highest BCUT2D eigenvalue weighted by Crippen LogP contribution is 2.14. The molecule has 0 aliphatic heterocycles. The number of rotatable bonds is 5. The average molecular weight is 218 g/mol. The number of hydrogen-bond acceptors (Lipinski definition) is 2. The summed E-state index contributed by atoms with van der Waals surface area (Å²) in [6, 6.07) is 7.55. The highest BCUT2D eigenvalue weighted by atomic mass is 16.1. The van der Waals surface area contributed by atoms with E-state index in [1.165, 1.54) is 0 Å². The van der Waals surface area contributed by atoms with E-state index in [1.54, 1.807) is 13.1 Å². The molecule has 2 N–H and O–H groups in total. The molecule has 16 heavy (non-hydrogen) atoms. The molecule has 1 atom stereocenters. The Labute approximate surface area is 96.6 Å². The fraction of sp³-hybridized carbons (Fsp3) is 0.308. The molecule has 0 saturated carbocycles. The summed E-state index contributed by atoms with van der Waals surface area (Å²) in [5.74, 6) is -0.0562. The zero-order valence-corrected chi connectivity index (χ0v) is 9.79. The number of benzene rings is 1. The summed E-state index contributed by atoms with van der Waals surface area (Å²) in [6.45, 7) is 5.61. The molecule has 0 aliphatic rings. The number of para-hydroxylation sites is 1. The van der Waals surface area contributed by atoms with Crippen LogP contribution in [0.2, 0.25) is 0 Å². The average Bonchev–Trinajstić information content (AvgIpc) is 2.29. The van der Waals surface area contributed by atoms with E-state index < -0.39 is 0 Å². The van der Waals surface area contributed by atoms with Crippen molar-refractivity contribution < 1.29 is 4.79 Å². The monoisotopic (exact) mass is 218 g/mol. The molecule has 0 aliphatic carbocycles. The van der Waals surface area contributed by atoms with Gasteiger partial charge in [0.15, 0.2) is 0 Å². The summed E-state index contributed by atoms with van der Waals surface area (Å²) < 4.78 is 0. The molecule has 0 radical (unpaired) electrons. The summed E-state index contributed by atoms with van der Waals surface area (Å²) in [5, 5.41) is 5.92. The van der Waals surface area contributed by atoms with Crippen LogP contribution in [0.15, 0.2) is 36.9 Å². The van der Waals surface area contributed by atoms with Crippen molar-refractivity contribution in [2.75, 3.05) is 12.4 Å². The van der Waals surface area contributed by atoms with Crippen LogP contribution in [0.4, 0.5) is 5.69 Å². The van der Waals surface area contributed by atoms with Gasteiger partial charge in [-0.15, -0.1) is 6.58 Å². The molecule has 3 nitrogen and oxygen atoms in total. The quantitative estimate of drug-likeness (QED) is 0.745. The van der Waals surface area contributed by atoms with E-state index >= 15 is 0 Å². The largest absolute Gasteiger partial charge is 0.387 e. The van der Waals surface area contributed by atoms with Gasteiger partial charge in [0.2, 0.25) is 0 Å². The lowest BCUT2D eigenvalue weighted by atomic mass is 10.1. The zero-order valence-electron chi connectivity index (χ0n) is 9.79. The number of carbonyl (C=O) groups excluding carboxylic acids is 1. The molecular formula is C13H18N2O. The van der Waals surface area contributed by atoms with E-state index in [9.17, 15) is 4.79 Å². The van der Waals surface area contributed by atoms with Gasteiger partial charge in [0, 0.05) is 18.8 Å². The van der Waals surface area contributed by atoms with Crippen molar-refractivity contribution in [3.05, 3.63) is 42.5 Å². The molecule has 1 aromatic carbocycles. The Bertz CT molecular complexity index is 374. The topological polar surface area (TPSA) is 41.1 Å². The lowest BCUT2D eigenvalue weighted by Crippen LogP contribution is -2.32. The van der Waals surface area contributed by atoms with Crippen molar-refractivity contribution in [1.82, 2.24) is 5.32 Å². The summed E-state index contributed by atoms with van der Waals surface area (Å²) in [6.07, 6.45) is 2.57. The molecule has 86 valence electrons. The standard InChI is InChI=1S/C13H18N2O/c1-4-7-10(2)15-13(16)11-8-5-6-9-12(11)14-3/h4-6,8-10,14H,1,7H2,2-3H3,(H,15,16). The van der Waals surface area contributed by atoms with Crippen molar-refractivity contribution in [3.63, 3.8) is 0 Å². The van der Waals surface area contributed by atoms with Crippen molar-refractivity contribution in [2.45, 2.75) is 19.4 Å². The fourth-order valence-corrected chi connectivity index (χ4v) is 1.51. The first-order valence-corrected chi connectivity index (χ1v) is 5.37. The number of nitrogens with one attached hydrogen (secondary N) is 2. The predicted octanol–water partition coefficient (Wildman–Crippen LogP) is 2.42. The Kier molecular flexibility index (Phi) is 4.58. The molecule has 0 heterocycles. The van der Waals surface area contributed by atoms with E-state index in [4.69, 9.17) is 0 Å². The van der Waals surface area contributed by atoms with Crippen LogP contribution < -0.4 is 10.6 Å². The van der Waals surface area contributed by atoms with Crippen LogP contribution >= 0.6 is 0 Å². The van der Waals surface area contributed by atoms with E-state index in [2.05, 4.69) is 17.2 Å². The normalized spacial score (nSPS) is 11.6. The van der Waals surface area contributed by atoms with Gasteiger partial charge in [-0.1, -0.05) is 18.2 Å². The van der Waals surface area contributed by atoms with Gasteiger partial charge in [-0.3, -0.25) is 4.79 Å². The summed E-state index contributed by atoms with van der Waals surface area (Å²) >= 11 is 0. The number of hydrogen-bond donors (Lipinski definition) is 2. The van der Waals surface area contributed by atoms with Gasteiger partial charge in [0.1, 0.15) is 0 Å². The van der Waals surface area contributed by atoms with Crippen LogP contribution in [-0.4, -0.2) is 19.0 Å². The minimum Gasteiger partial charge on any atom is -0.387 e. The zero-order chi connectivity index (χ0) is 12.0. The molecule has 1 rings (SSSR count). The smallest absolute Gasteiger partial charge is 0.253 e. The highest BCUT2D eigenvalue weighted by molar-refractivity contribution is 5.99. The van der Waals surface area contributed by atoms with E-state index in [0.717, 1.165) is 12.1 Å². The van der Waals surface area contributed by atoms with Crippen molar-refractivity contribution in [1.29, 1.82) is 0 Å². The maximum atomic E-state index is 11.9. The van der Waals surface area contributed by atoms with Gasteiger partial charge >= 0.3 is 0 Å². The molecule has 0 saturated heterocycles. The third kappa shape index (κ3) is 3.12. The highest BCUT2D eigenvalue weighted by Gasteiger charge is 2.11. The van der Waals surface area contributed by atoms with Crippen molar-refractivity contribution in [3.8, 4) is 0 Å². The third-order valence-electron chi connectivity index (χ3n) is 2.34. The molecule has 0 fully saturated rings. The lowest BCUT2D eigenvalue weighted by molar-refractivity contribution is 0.0941. The SMILES string of the molecule is C=CCC(C)NC(=O)c1ccccc1NC. The van der Waals surface area contributed by atoms with E-state index in [0.29, 0.717) is 5.56 Å². The number of anilines is 1. The number of carbonyl (C=O) groups is 1. The van der Waals surface area contributed by atoms with Crippen molar-refractivity contribution in [2.24, 2.45) is 0 Å². The maximum absolute atomic E-state index is 11.9. The fourth-order valence-electron chi connectivity index (χ4n) is 1.51. The second-order valence-electron chi connectivity index (χ2n) is 3.69. The van der Waals surface area contributed by atoms with Crippen LogP contribution in [0.1, 0.15) is 23.7 Å². The van der Waals surface area contributed by atoms with Gasteiger partial charge in [0.25, 0.3) is 5.91 Å². The number of amides is 1. The summed E-state index contributed by atoms with van der Waals surface area (Å²) in [7, 11) is 1.80. The van der Waals surface area contributed by atoms with Gasteiger partial charge < -0.3 is 10.6 Å². The van der Waals surface area contributed by atoms with Gasteiger partial charge in [0.05, 0.1) is 5.56 Å². The second kappa shape index (κ2) is 5.95. The molecular weight excluding hydrogens is 200 g/mol. The first kappa shape index (κ1) is 12.3. The minimum atomic E-state index is -0.0562. The van der Waals surface area contributed by atoms with Crippen LogP contribution in [-0.2, 0) is 0 Å². The molecule has 0 bridgehead atoms. The molecule has 1 amide bonds. The van der Waals surface area contributed by atoms with Gasteiger partial charge in [-0.2, -0.15) is 0 Å². The van der Waals surface area contributed by atoms with E-state index in [-0.39, 0.29) is 11.9 Å². The van der Waals surface area contributed by atoms with Gasteiger partial charge in [-0.05, 0) is 25.5 Å². The van der Waals surface area contributed by atoms with Crippen LogP contribution in [0.5, 0.6) is 0 Å². The second-order valence-corrected chi connectivity index (χ2v) is 3.69. The summed E-state index contributed by atoms with van der Waals surface area (Å²) in [4.78, 5) is 11.9. The third-order valence-corrected chi connectivity index (χ3v) is 2.34. The maximum Gasteiger partial charge on any atom is 0.253 e. The van der Waals surface area contributed by atoms with Crippen LogP contribution in [0.25, 0.3) is 0 Å². The minimum absolute atomic E-state index is 0.0562. The Balaban J connectivity index is 2.76.